The Kier molecular flexibility index (Phi) is 4.17. The molecule has 2 rings (SSSR count). The first kappa shape index (κ1) is 13.6. The molecule has 100 valence electrons. The Morgan fingerprint density at radius 2 is 1.95 bits per heavy atom. The second kappa shape index (κ2) is 5.85. The van der Waals surface area contributed by atoms with Crippen molar-refractivity contribution in [2.24, 2.45) is 0 Å². The maximum absolute atomic E-state index is 6.01. The largest absolute Gasteiger partial charge is 0.495 e. The number of benzene rings is 2. The van der Waals surface area contributed by atoms with E-state index in [0.29, 0.717) is 11.6 Å². The molecule has 0 unspecified atom stereocenters. The lowest BCUT2D eigenvalue weighted by atomic mass is 10.1. The van der Waals surface area contributed by atoms with E-state index in [2.05, 4.69) is 4.90 Å². The van der Waals surface area contributed by atoms with Gasteiger partial charge in [-0.1, -0.05) is 23.7 Å². The van der Waals surface area contributed by atoms with Crippen molar-refractivity contribution in [1.29, 1.82) is 0 Å². The summed E-state index contributed by atoms with van der Waals surface area (Å²) in [4.78, 5) is 2.08. The quantitative estimate of drug-likeness (QED) is 0.868. The number of nitrogens with two attached hydrogens (primary N) is 1. The van der Waals surface area contributed by atoms with Gasteiger partial charge >= 0.3 is 0 Å². The molecule has 0 heterocycles. The maximum Gasteiger partial charge on any atom is 0.142 e. The summed E-state index contributed by atoms with van der Waals surface area (Å²) < 4.78 is 5.36. The van der Waals surface area contributed by atoms with Crippen molar-refractivity contribution in [2.45, 2.75) is 6.54 Å². The van der Waals surface area contributed by atoms with Gasteiger partial charge in [0.25, 0.3) is 0 Å². The van der Waals surface area contributed by atoms with E-state index in [0.717, 1.165) is 22.7 Å². The third-order valence-corrected chi connectivity index (χ3v) is 3.24. The lowest BCUT2D eigenvalue weighted by Crippen LogP contribution is -2.18. The van der Waals surface area contributed by atoms with E-state index in [1.54, 1.807) is 13.2 Å². The Bertz CT molecular complexity index is 572. The van der Waals surface area contributed by atoms with Gasteiger partial charge in [-0.2, -0.15) is 0 Å². The summed E-state index contributed by atoms with van der Waals surface area (Å²) in [5.41, 5.74) is 8.73. The van der Waals surface area contributed by atoms with Gasteiger partial charge in [0, 0.05) is 24.3 Å². The van der Waals surface area contributed by atoms with Gasteiger partial charge in [-0.15, -0.1) is 0 Å². The van der Waals surface area contributed by atoms with Crippen molar-refractivity contribution in [3.05, 3.63) is 53.1 Å². The minimum absolute atomic E-state index is 0.673. The van der Waals surface area contributed by atoms with E-state index in [4.69, 9.17) is 22.1 Å². The molecule has 2 aromatic rings. The summed E-state index contributed by atoms with van der Waals surface area (Å²) in [6.07, 6.45) is 0. The topological polar surface area (TPSA) is 38.5 Å². The summed E-state index contributed by atoms with van der Waals surface area (Å²) in [6, 6.07) is 13.4. The molecule has 2 aromatic carbocycles. The Balaban J connectivity index is 2.25. The zero-order valence-electron chi connectivity index (χ0n) is 11.1. The van der Waals surface area contributed by atoms with Crippen LogP contribution in [0.15, 0.2) is 42.5 Å². The van der Waals surface area contributed by atoms with Crippen LogP contribution in [0, 0.1) is 0 Å². The van der Waals surface area contributed by atoms with Gasteiger partial charge in [-0.3, -0.25) is 0 Å². The highest BCUT2D eigenvalue weighted by molar-refractivity contribution is 6.30. The van der Waals surface area contributed by atoms with E-state index in [9.17, 15) is 0 Å². The number of rotatable bonds is 4. The minimum atomic E-state index is 0.673. The fourth-order valence-electron chi connectivity index (χ4n) is 2.00. The number of nitrogen functional groups attached to an aromatic ring is 1. The van der Waals surface area contributed by atoms with Crippen molar-refractivity contribution < 1.29 is 4.74 Å². The molecule has 0 radical (unpaired) electrons. The summed E-state index contributed by atoms with van der Waals surface area (Å²) in [7, 11) is 3.67. The molecule has 0 amide bonds. The second-order valence-electron chi connectivity index (χ2n) is 4.37. The molecule has 0 bridgehead atoms. The first-order valence-electron chi connectivity index (χ1n) is 6.00. The third kappa shape index (κ3) is 3.12. The Labute approximate surface area is 118 Å². The fourth-order valence-corrected chi connectivity index (χ4v) is 2.19. The van der Waals surface area contributed by atoms with Crippen molar-refractivity contribution in [1.82, 2.24) is 0 Å². The first-order valence-corrected chi connectivity index (χ1v) is 6.37. The summed E-state index contributed by atoms with van der Waals surface area (Å²) in [5.74, 6) is 0.839. The minimum Gasteiger partial charge on any atom is -0.495 e. The maximum atomic E-state index is 6.01. The molecule has 0 spiro atoms. The van der Waals surface area contributed by atoms with Crippen LogP contribution >= 0.6 is 11.6 Å². The zero-order valence-corrected chi connectivity index (χ0v) is 11.8. The molecular formula is C15H17ClN2O. The van der Waals surface area contributed by atoms with Crippen molar-refractivity contribution in [3.63, 3.8) is 0 Å². The number of halogens is 1. The normalized spacial score (nSPS) is 10.3. The van der Waals surface area contributed by atoms with E-state index in [1.165, 1.54) is 0 Å². The van der Waals surface area contributed by atoms with Gasteiger partial charge in [0.05, 0.1) is 12.8 Å². The van der Waals surface area contributed by atoms with Crippen LogP contribution in [0.3, 0.4) is 0 Å². The molecule has 2 N–H and O–H groups in total. The summed E-state index contributed by atoms with van der Waals surface area (Å²) >= 11 is 6.01. The average molecular weight is 277 g/mol. The lowest BCUT2D eigenvalue weighted by molar-refractivity contribution is 0.415. The van der Waals surface area contributed by atoms with Crippen molar-refractivity contribution >= 4 is 23.0 Å². The van der Waals surface area contributed by atoms with Gasteiger partial charge in [-0.25, -0.2) is 0 Å². The van der Waals surface area contributed by atoms with Crippen LogP contribution in [0.4, 0.5) is 11.4 Å². The number of anilines is 2. The van der Waals surface area contributed by atoms with Crippen LogP contribution in [-0.2, 0) is 6.54 Å². The van der Waals surface area contributed by atoms with Crippen LogP contribution in [0.2, 0.25) is 5.02 Å². The van der Waals surface area contributed by atoms with Gasteiger partial charge < -0.3 is 15.4 Å². The van der Waals surface area contributed by atoms with E-state index in [-0.39, 0.29) is 0 Å². The highest BCUT2D eigenvalue weighted by Gasteiger charge is 2.09. The Morgan fingerprint density at radius 1 is 1.21 bits per heavy atom. The van der Waals surface area contributed by atoms with Crippen LogP contribution < -0.4 is 15.4 Å². The molecule has 0 aromatic heterocycles. The summed E-state index contributed by atoms with van der Waals surface area (Å²) in [6.45, 7) is 0.673. The number of ether oxygens (including phenoxy) is 1. The molecule has 0 saturated heterocycles. The number of hydrogen-bond donors (Lipinski definition) is 1. The van der Waals surface area contributed by atoms with Gasteiger partial charge in [0.15, 0.2) is 0 Å². The van der Waals surface area contributed by atoms with Crippen LogP contribution in [0.5, 0.6) is 5.75 Å². The molecule has 0 atom stereocenters. The Hall–Kier alpha value is -1.87. The van der Waals surface area contributed by atoms with Gasteiger partial charge in [0.2, 0.25) is 0 Å². The predicted molar refractivity (Wildman–Crippen MR) is 81.0 cm³/mol. The highest BCUT2D eigenvalue weighted by Crippen LogP contribution is 2.29. The molecule has 0 aliphatic carbocycles. The van der Waals surface area contributed by atoms with Crippen molar-refractivity contribution in [3.8, 4) is 5.75 Å². The van der Waals surface area contributed by atoms with Gasteiger partial charge in [0.1, 0.15) is 5.75 Å². The van der Waals surface area contributed by atoms with Gasteiger partial charge in [-0.05, 0) is 35.9 Å². The van der Waals surface area contributed by atoms with Crippen LogP contribution in [0.1, 0.15) is 5.56 Å². The molecule has 0 saturated carbocycles. The SMILES string of the molecule is COc1ccccc1N(C)Cc1cc(Cl)ccc1N. The predicted octanol–water partition coefficient (Wildman–Crippen LogP) is 3.57. The van der Waals surface area contributed by atoms with Crippen molar-refractivity contribution in [2.75, 3.05) is 24.8 Å². The lowest BCUT2D eigenvalue weighted by Gasteiger charge is -2.22. The number of hydrogen-bond acceptors (Lipinski definition) is 3. The standard InChI is InChI=1S/C15H17ClN2O/c1-18(14-5-3-4-6-15(14)19-2)10-11-9-12(16)7-8-13(11)17/h3-9H,10,17H2,1-2H3. The van der Waals surface area contributed by atoms with Crippen LogP contribution in [-0.4, -0.2) is 14.2 Å². The molecule has 4 heteroatoms. The molecule has 19 heavy (non-hydrogen) atoms. The number of methoxy groups -OCH3 is 1. The van der Waals surface area contributed by atoms with E-state index >= 15 is 0 Å². The molecule has 0 aliphatic rings. The van der Waals surface area contributed by atoms with E-state index < -0.39 is 0 Å². The monoisotopic (exact) mass is 276 g/mol. The number of para-hydroxylation sites is 2. The molecular weight excluding hydrogens is 260 g/mol. The van der Waals surface area contributed by atoms with E-state index in [1.807, 2.05) is 43.4 Å². The molecule has 0 aliphatic heterocycles. The zero-order chi connectivity index (χ0) is 13.8. The molecule has 0 fully saturated rings. The molecule has 3 nitrogen and oxygen atoms in total. The number of nitrogens with zero attached hydrogens (tertiary/aromatic N) is 1. The average Bonchev–Trinajstić information content (AvgIpc) is 2.42. The smallest absolute Gasteiger partial charge is 0.142 e. The summed E-state index contributed by atoms with van der Waals surface area (Å²) in [5, 5.41) is 0.692. The fraction of sp³-hybridized carbons (Fsp3) is 0.200. The third-order valence-electron chi connectivity index (χ3n) is 3.01. The Morgan fingerprint density at radius 3 is 2.68 bits per heavy atom. The van der Waals surface area contributed by atoms with Crippen LogP contribution in [0.25, 0.3) is 0 Å². The second-order valence-corrected chi connectivity index (χ2v) is 4.81. The highest BCUT2D eigenvalue weighted by atomic mass is 35.5. The first-order chi connectivity index (χ1) is 9.11.